The molecular formula is C21H28FN3O2S. The quantitative estimate of drug-likeness (QED) is 0.818. The fourth-order valence-corrected chi connectivity index (χ4v) is 4.32. The second-order valence-corrected chi connectivity index (χ2v) is 11.0. The minimum absolute atomic E-state index is 0.111. The number of anilines is 1. The van der Waals surface area contributed by atoms with E-state index >= 15 is 0 Å². The molecule has 2 aromatic rings. The van der Waals surface area contributed by atoms with Crippen molar-refractivity contribution < 1.29 is 12.8 Å². The molecule has 0 spiro atoms. The summed E-state index contributed by atoms with van der Waals surface area (Å²) in [7, 11) is -3.44. The molecule has 5 nitrogen and oxygen atoms in total. The highest BCUT2D eigenvalue weighted by Crippen LogP contribution is 2.24. The van der Waals surface area contributed by atoms with E-state index in [2.05, 4.69) is 15.2 Å². The average molecular weight is 406 g/mol. The molecule has 0 radical (unpaired) electrons. The minimum atomic E-state index is -3.44. The van der Waals surface area contributed by atoms with Crippen molar-refractivity contribution in [3.8, 4) is 0 Å². The van der Waals surface area contributed by atoms with Crippen LogP contribution in [-0.4, -0.2) is 42.2 Å². The number of aromatic nitrogens is 1. The SMILES string of the molecule is CC(C)(C)S(=O)(=O)c1ccc(NC2CCN(Cc3ccc(F)cc3)CC2)cn1. The van der Waals surface area contributed by atoms with Crippen LogP contribution >= 0.6 is 0 Å². The van der Waals surface area contributed by atoms with Crippen molar-refractivity contribution >= 4 is 15.5 Å². The predicted molar refractivity (Wildman–Crippen MR) is 109 cm³/mol. The number of piperidine rings is 1. The van der Waals surface area contributed by atoms with Crippen molar-refractivity contribution in [1.29, 1.82) is 0 Å². The average Bonchev–Trinajstić information content (AvgIpc) is 2.65. The van der Waals surface area contributed by atoms with Crippen LogP contribution in [-0.2, 0) is 16.4 Å². The molecule has 2 heterocycles. The zero-order valence-electron chi connectivity index (χ0n) is 16.7. The number of sulfone groups is 1. The second-order valence-electron chi connectivity index (χ2n) is 8.32. The third kappa shape index (κ3) is 4.89. The zero-order chi connectivity index (χ0) is 20.4. The molecule has 0 saturated carbocycles. The standard InChI is InChI=1S/C21H28FN3O2S/c1-21(2,3)28(26,27)20-9-8-19(14-23-20)24-18-10-12-25(13-11-18)15-16-4-6-17(22)7-5-16/h4-9,14,18,24H,10-13,15H2,1-3H3. The fourth-order valence-electron chi connectivity index (χ4n) is 3.26. The van der Waals surface area contributed by atoms with Crippen molar-refractivity contribution in [3.05, 3.63) is 54.0 Å². The van der Waals surface area contributed by atoms with Gasteiger partial charge < -0.3 is 5.32 Å². The highest BCUT2D eigenvalue weighted by Gasteiger charge is 2.32. The van der Waals surface area contributed by atoms with Crippen LogP contribution in [0.3, 0.4) is 0 Å². The lowest BCUT2D eigenvalue weighted by molar-refractivity contribution is 0.211. The predicted octanol–water partition coefficient (Wildman–Crippen LogP) is 3.87. The summed E-state index contributed by atoms with van der Waals surface area (Å²) in [6.07, 6.45) is 3.58. The number of rotatable bonds is 5. The summed E-state index contributed by atoms with van der Waals surface area (Å²) in [6, 6.07) is 10.4. The van der Waals surface area contributed by atoms with Gasteiger partial charge in [0.2, 0.25) is 0 Å². The Morgan fingerprint density at radius 3 is 2.29 bits per heavy atom. The molecule has 0 atom stereocenters. The molecule has 7 heteroatoms. The number of hydrogen-bond donors (Lipinski definition) is 1. The van der Waals surface area contributed by atoms with Gasteiger partial charge in [0.25, 0.3) is 0 Å². The van der Waals surface area contributed by atoms with Gasteiger partial charge in [-0.3, -0.25) is 4.90 Å². The molecule has 1 aromatic heterocycles. The van der Waals surface area contributed by atoms with Crippen LogP contribution < -0.4 is 5.32 Å². The number of benzene rings is 1. The zero-order valence-corrected chi connectivity index (χ0v) is 17.5. The highest BCUT2D eigenvalue weighted by atomic mass is 32.2. The van der Waals surface area contributed by atoms with Crippen molar-refractivity contribution in [2.24, 2.45) is 0 Å². The summed E-state index contributed by atoms with van der Waals surface area (Å²) in [6.45, 7) is 7.77. The van der Waals surface area contributed by atoms with E-state index in [0.29, 0.717) is 6.04 Å². The van der Waals surface area contributed by atoms with E-state index < -0.39 is 14.6 Å². The van der Waals surface area contributed by atoms with Gasteiger partial charge in [-0.2, -0.15) is 0 Å². The second kappa shape index (κ2) is 8.17. The maximum Gasteiger partial charge on any atom is 0.200 e. The maximum atomic E-state index is 13.0. The van der Waals surface area contributed by atoms with Crippen LogP contribution in [0.5, 0.6) is 0 Å². The minimum Gasteiger partial charge on any atom is -0.381 e. The third-order valence-corrected chi connectivity index (χ3v) is 7.50. The lowest BCUT2D eigenvalue weighted by Gasteiger charge is -2.32. The largest absolute Gasteiger partial charge is 0.381 e. The van der Waals surface area contributed by atoms with E-state index in [1.54, 1.807) is 39.1 Å². The van der Waals surface area contributed by atoms with Gasteiger partial charge in [0.15, 0.2) is 14.9 Å². The monoisotopic (exact) mass is 405 g/mol. The molecule has 0 unspecified atom stereocenters. The summed E-state index contributed by atoms with van der Waals surface area (Å²) >= 11 is 0. The third-order valence-electron chi connectivity index (χ3n) is 5.10. The Balaban J connectivity index is 1.53. The van der Waals surface area contributed by atoms with Gasteiger partial charge in [-0.1, -0.05) is 12.1 Å². The van der Waals surface area contributed by atoms with Crippen molar-refractivity contribution in [3.63, 3.8) is 0 Å². The van der Waals surface area contributed by atoms with Crippen LogP contribution in [0, 0.1) is 5.82 Å². The van der Waals surface area contributed by atoms with Crippen LogP contribution in [0.25, 0.3) is 0 Å². The Morgan fingerprint density at radius 1 is 1.11 bits per heavy atom. The number of likely N-dealkylation sites (tertiary alicyclic amines) is 1. The molecular weight excluding hydrogens is 377 g/mol. The normalized spacial score (nSPS) is 16.9. The van der Waals surface area contributed by atoms with Gasteiger partial charge in [0, 0.05) is 25.7 Å². The van der Waals surface area contributed by atoms with Crippen LogP contribution in [0.15, 0.2) is 47.6 Å². The first-order chi connectivity index (χ1) is 13.1. The van der Waals surface area contributed by atoms with Crippen molar-refractivity contribution in [2.45, 2.75) is 56.0 Å². The first kappa shape index (κ1) is 20.7. The topological polar surface area (TPSA) is 62.3 Å². The van der Waals surface area contributed by atoms with E-state index in [9.17, 15) is 12.8 Å². The molecule has 0 amide bonds. The molecule has 1 aliphatic rings. The Labute approximate surface area is 166 Å². The van der Waals surface area contributed by atoms with Gasteiger partial charge in [-0.15, -0.1) is 0 Å². The van der Waals surface area contributed by atoms with Gasteiger partial charge in [-0.05, 0) is 63.4 Å². The first-order valence-electron chi connectivity index (χ1n) is 9.59. The Bertz CT molecular complexity index is 883. The van der Waals surface area contributed by atoms with E-state index in [-0.39, 0.29) is 10.8 Å². The first-order valence-corrected chi connectivity index (χ1v) is 11.1. The van der Waals surface area contributed by atoms with Crippen LogP contribution in [0.4, 0.5) is 10.1 Å². The number of nitrogens with zero attached hydrogens (tertiary/aromatic N) is 2. The summed E-state index contributed by atoms with van der Waals surface area (Å²) in [5, 5.41) is 3.57. The smallest absolute Gasteiger partial charge is 0.200 e. The molecule has 1 aromatic carbocycles. The summed E-state index contributed by atoms with van der Waals surface area (Å²) in [4.78, 5) is 6.53. The summed E-state index contributed by atoms with van der Waals surface area (Å²) in [5.74, 6) is -0.207. The van der Waals surface area contributed by atoms with E-state index in [0.717, 1.165) is 43.7 Å². The van der Waals surface area contributed by atoms with Crippen molar-refractivity contribution in [1.82, 2.24) is 9.88 Å². The molecule has 3 rings (SSSR count). The molecule has 0 bridgehead atoms. The molecule has 1 fully saturated rings. The van der Waals surface area contributed by atoms with Gasteiger partial charge in [-0.25, -0.2) is 17.8 Å². The molecule has 0 aliphatic carbocycles. The number of nitrogens with one attached hydrogen (secondary N) is 1. The maximum absolute atomic E-state index is 13.0. The molecule has 28 heavy (non-hydrogen) atoms. The molecule has 1 saturated heterocycles. The lowest BCUT2D eigenvalue weighted by atomic mass is 10.0. The van der Waals surface area contributed by atoms with Crippen LogP contribution in [0.1, 0.15) is 39.2 Å². The number of pyridine rings is 1. The van der Waals surface area contributed by atoms with Gasteiger partial charge in [0.05, 0.1) is 16.6 Å². The number of hydrogen-bond acceptors (Lipinski definition) is 5. The lowest BCUT2D eigenvalue weighted by Crippen LogP contribution is -2.38. The van der Waals surface area contributed by atoms with Crippen molar-refractivity contribution in [2.75, 3.05) is 18.4 Å². The summed E-state index contributed by atoms with van der Waals surface area (Å²) in [5.41, 5.74) is 1.96. The molecule has 1 N–H and O–H groups in total. The van der Waals surface area contributed by atoms with E-state index in [1.165, 1.54) is 12.1 Å². The van der Waals surface area contributed by atoms with Gasteiger partial charge in [0.1, 0.15) is 5.82 Å². The van der Waals surface area contributed by atoms with Crippen LogP contribution in [0.2, 0.25) is 0 Å². The fraction of sp³-hybridized carbons (Fsp3) is 0.476. The van der Waals surface area contributed by atoms with Gasteiger partial charge >= 0.3 is 0 Å². The summed E-state index contributed by atoms with van der Waals surface area (Å²) < 4.78 is 37.0. The Kier molecular flexibility index (Phi) is 6.05. The molecule has 152 valence electrons. The number of halogens is 1. The Hall–Kier alpha value is -1.99. The van der Waals surface area contributed by atoms with E-state index in [1.807, 2.05) is 12.1 Å². The Morgan fingerprint density at radius 2 is 1.75 bits per heavy atom. The van der Waals surface area contributed by atoms with E-state index in [4.69, 9.17) is 0 Å². The molecule has 1 aliphatic heterocycles. The highest BCUT2D eigenvalue weighted by molar-refractivity contribution is 7.92.